The van der Waals surface area contributed by atoms with E-state index in [1.165, 1.54) is 11.1 Å². The Morgan fingerprint density at radius 1 is 1.11 bits per heavy atom. The van der Waals surface area contributed by atoms with E-state index >= 15 is 0 Å². The van der Waals surface area contributed by atoms with Crippen LogP contribution in [-0.2, 0) is 6.42 Å². The molecule has 0 radical (unpaired) electrons. The van der Waals surface area contributed by atoms with Crippen LogP contribution in [0.5, 0.6) is 0 Å². The predicted molar refractivity (Wildman–Crippen MR) is 197 cm³/mol. The SMILES string of the molecule is C#Cc1c(NC(=C)NC(/C=C(\CCC)C(C)(C)C)=C(\C)CNC(=C)CC)ccc(Cc2ccnc(/C(C)=C(\C)N)c2)c1/C=C\C. The molecule has 1 heterocycles. The van der Waals surface area contributed by atoms with E-state index in [9.17, 15) is 0 Å². The molecular weight excluding hydrogens is 550 g/mol. The molecule has 1 aromatic heterocycles. The van der Waals surface area contributed by atoms with Gasteiger partial charge in [0.05, 0.1) is 16.9 Å². The fourth-order valence-electron chi connectivity index (χ4n) is 4.85. The van der Waals surface area contributed by atoms with E-state index in [1.807, 2.05) is 45.2 Å². The molecule has 1 aromatic carbocycles. The van der Waals surface area contributed by atoms with Crippen LogP contribution in [0.15, 0.2) is 89.8 Å². The molecule has 0 atom stereocenters. The number of nitrogens with two attached hydrogens (primary N) is 1. The average molecular weight is 606 g/mol. The van der Waals surface area contributed by atoms with Crippen LogP contribution >= 0.6 is 0 Å². The maximum atomic E-state index is 6.16. The molecule has 0 spiro atoms. The van der Waals surface area contributed by atoms with E-state index in [2.05, 4.69) is 106 Å². The monoisotopic (exact) mass is 605 g/mol. The largest absolute Gasteiger partial charge is 0.402 e. The Kier molecular flexibility index (Phi) is 14.0. The topological polar surface area (TPSA) is 75.0 Å². The Balaban J connectivity index is 2.49. The molecule has 0 aliphatic rings. The summed E-state index contributed by atoms with van der Waals surface area (Å²) in [6.45, 7) is 28.3. The first-order chi connectivity index (χ1) is 21.2. The Hall–Kier alpha value is -4.43. The molecule has 0 unspecified atom stereocenters. The first kappa shape index (κ1) is 36.8. The maximum Gasteiger partial charge on any atom is 0.100 e. The zero-order chi connectivity index (χ0) is 33.7. The molecular formula is C40H55N5. The number of benzene rings is 1. The van der Waals surface area contributed by atoms with Crippen molar-refractivity contribution in [2.24, 2.45) is 11.1 Å². The van der Waals surface area contributed by atoms with Crippen LogP contribution < -0.4 is 21.7 Å². The van der Waals surface area contributed by atoms with Crippen molar-refractivity contribution in [2.75, 3.05) is 11.9 Å². The number of aromatic nitrogens is 1. The summed E-state index contributed by atoms with van der Waals surface area (Å²) in [7, 11) is 0. The molecule has 240 valence electrons. The number of pyridine rings is 1. The highest BCUT2D eigenvalue weighted by Crippen LogP contribution is 2.31. The molecule has 2 aromatic rings. The van der Waals surface area contributed by atoms with Gasteiger partial charge < -0.3 is 21.7 Å². The number of hydrogen-bond acceptors (Lipinski definition) is 5. The van der Waals surface area contributed by atoms with E-state index in [0.29, 0.717) is 18.8 Å². The predicted octanol–water partition coefficient (Wildman–Crippen LogP) is 9.43. The summed E-state index contributed by atoms with van der Waals surface area (Å²) in [6, 6.07) is 8.30. The summed E-state index contributed by atoms with van der Waals surface area (Å²) in [4.78, 5) is 4.52. The second kappa shape index (κ2) is 17.2. The molecule has 2 rings (SSSR count). The summed E-state index contributed by atoms with van der Waals surface area (Å²) >= 11 is 0. The van der Waals surface area contributed by atoms with Crippen LogP contribution in [0.25, 0.3) is 11.6 Å². The molecule has 0 aliphatic heterocycles. The molecule has 5 N–H and O–H groups in total. The average Bonchev–Trinajstić information content (AvgIpc) is 2.99. The second-order valence-corrected chi connectivity index (χ2v) is 12.6. The smallest absolute Gasteiger partial charge is 0.100 e. The fraction of sp³-hybridized carbons (Fsp3) is 0.375. The van der Waals surface area contributed by atoms with E-state index < -0.39 is 0 Å². The van der Waals surface area contributed by atoms with Gasteiger partial charge in [0.2, 0.25) is 0 Å². The third kappa shape index (κ3) is 10.9. The lowest BCUT2D eigenvalue weighted by atomic mass is 9.83. The lowest BCUT2D eigenvalue weighted by Crippen LogP contribution is -2.23. The summed E-state index contributed by atoms with van der Waals surface area (Å²) in [6.07, 6.45) is 18.1. The lowest BCUT2D eigenvalue weighted by Gasteiger charge is -2.25. The summed E-state index contributed by atoms with van der Waals surface area (Å²) in [5.41, 5.74) is 18.2. The van der Waals surface area contributed by atoms with Crippen molar-refractivity contribution in [2.45, 2.75) is 88.0 Å². The summed E-state index contributed by atoms with van der Waals surface area (Å²) < 4.78 is 0. The van der Waals surface area contributed by atoms with Crippen molar-refractivity contribution in [3.8, 4) is 12.3 Å². The molecule has 45 heavy (non-hydrogen) atoms. The van der Waals surface area contributed by atoms with E-state index in [-0.39, 0.29) is 5.41 Å². The van der Waals surface area contributed by atoms with E-state index in [1.54, 1.807) is 0 Å². The molecule has 0 bridgehead atoms. The highest BCUT2D eigenvalue weighted by molar-refractivity contribution is 5.74. The zero-order valence-corrected chi connectivity index (χ0v) is 29.2. The van der Waals surface area contributed by atoms with Crippen molar-refractivity contribution in [3.05, 3.63) is 118 Å². The lowest BCUT2D eigenvalue weighted by molar-refractivity contribution is 0.479. The van der Waals surface area contributed by atoms with Crippen molar-refractivity contribution in [3.63, 3.8) is 0 Å². The third-order valence-corrected chi connectivity index (χ3v) is 7.87. The maximum absolute atomic E-state index is 6.16. The second-order valence-electron chi connectivity index (χ2n) is 12.6. The Morgan fingerprint density at radius 2 is 1.82 bits per heavy atom. The zero-order valence-electron chi connectivity index (χ0n) is 29.2. The number of terminal acetylenes is 1. The van der Waals surface area contributed by atoms with Gasteiger partial charge in [-0.25, -0.2) is 0 Å². The van der Waals surface area contributed by atoms with E-state index in [0.717, 1.165) is 75.6 Å². The summed E-state index contributed by atoms with van der Waals surface area (Å²) in [5, 5.41) is 10.5. The number of anilines is 1. The van der Waals surface area contributed by atoms with Gasteiger partial charge in [-0.05, 0) is 104 Å². The molecule has 0 saturated carbocycles. The van der Waals surface area contributed by atoms with Gasteiger partial charge in [0.25, 0.3) is 0 Å². The third-order valence-electron chi connectivity index (χ3n) is 7.87. The number of allylic oxidation sites excluding steroid dienone is 6. The molecule has 0 aliphatic carbocycles. The Morgan fingerprint density at radius 3 is 2.40 bits per heavy atom. The van der Waals surface area contributed by atoms with Crippen LogP contribution in [0.1, 0.15) is 110 Å². The quantitative estimate of drug-likeness (QED) is 0.120. The van der Waals surface area contributed by atoms with E-state index in [4.69, 9.17) is 12.2 Å². The highest BCUT2D eigenvalue weighted by Gasteiger charge is 2.18. The first-order valence-electron chi connectivity index (χ1n) is 15.9. The van der Waals surface area contributed by atoms with Gasteiger partial charge in [-0.15, -0.1) is 6.42 Å². The van der Waals surface area contributed by atoms with Crippen LogP contribution in [0, 0.1) is 17.8 Å². The minimum atomic E-state index is 0.0417. The highest BCUT2D eigenvalue weighted by atomic mass is 15.1. The number of nitrogens with one attached hydrogen (secondary N) is 3. The van der Waals surface area contributed by atoms with Crippen LogP contribution in [-0.4, -0.2) is 11.5 Å². The normalized spacial score (nSPS) is 13.1. The van der Waals surface area contributed by atoms with Gasteiger partial charge in [-0.1, -0.05) is 83.9 Å². The van der Waals surface area contributed by atoms with Gasteiger partial charge >= 0.3 is 0 Å². The molecule has 0 saturated heterocycles. The van der Waals surface area contributed by atoms with Gasteiger partial charge in [0.1, 0.15) is 5.82 Å². The van der Waals surface area contributed by atoms with Crippen molar-refractivity contribution < 1.29 is 0 Å². The fourth-order valence-corrected chi connectivity index (χ4v) is 4.85. The summed E-state index contributed by atoms with van der Waals surface area (Å²) in [5.74, 6) is 3.59. The van der Waals surface area contributed by atoms with Gasteiger partial charge in [-0.3, -0.25) is 4.98 Å². The van der Waals surface area contributed by atoms with Crippen molar-refractivity contribution in [1.82, 2.24) is 15.6 Å². The standard InChI is InChI=1S/C40H55N5/c1-13-17-34(40(10,11)12)25-38(27(5)26-43-28(6)15-3)45-31(9)44-37-20-19-33(36(18-14-2)35(37)16-4)23-32-21-22-42-39(24-32)29(7)30(8)41/h4,14,18-22,24-25,43-45H,6,9,13,15,17,23,26,41H2,1-3,5,7-8,10-12H3/b18-14-,30-29+,34-25+,38-27+. The van der Waals surface area contributed by atoms with Gasteiger partial charge in [0, 0.05) is 29.8 Å². The van der Waals surface area contributed by atoms with Crippen molar-refractivity contribution >= 4 is 17.3 Å². The molecule has 0 amide bonds. The Labute approximate surface area is 273 Å². The van der Waals surface area contributed by atoms with Crippen LogP contribution in [0.4, 0.5) is 5.69 Å². The van der Waals surface area contributed by atoms with Gasteiger partial charge in [-0.2, -0.15) is 0 Å². The Bertz CT molecular complexity index is 1530. The van der Waals surface area contributed by atoms with Crippen LogP contribution in [0.2, 0.25) is 0 Å². The van der Waals surface area contributed by atoms with Gasteiger partial charge in [0.15, 0.2) is 0 Å². The number of nitrogens with zero attached hydrogens (tertiary/aromatic N) is 1. The minimum absolute atomic E-state index is 0.0417. The van der Waals surface area contributed by atoms with Crippen LogP contribution in [0.3, 0.4) is 0 Å². The number of rotatable bonds is 15. The minimum Gasteiger partial charge on any atom is -0.402 e. The first-order valence-corrected chi connectivity index (χ1v) is 15.9. The van der Waals surface area contributed by atoms with Crippen molar-refractivity contribution in [1.29, 1.82) is 0 Å². The number of hydrogen-bond donors (Lipinski definition) is 4. The molecule has 5 heteroatoms. The molecule has 0 fully saturated rings. The molecule has 5 nitrogen and oxygen atoms in total.